The second-order valence-corrected chi connectivity index (χ2v) is 7.34. The van der Waals surface area contributed by atoms with Crippen LogP contribution in [-0.4, -0.2) is 22.8 Å². The molecule has 1 aromatic heterocycles. The van der Waals surface area contributed by atoms with Gasteiger partial charge in [-0.3, -0.25) is 0 Å². The van der Waals surface area contributed by atoms with Gasteiger partial charge in [0.25, 0.3) is 0 Å². The van der Waals surface area contributed by atoms with Crippen molar-refractivity contribution < 1.29 is 4.74 Å². The number of nitrogens with zero attached hydrogens (tertiary/aromatic N) is 2. The molecule has 4 rings (SSSR count). The van der Waals surface area contributed by atoms with Gasteiger partial charge in [-0.05, 0) is 48.0 Å². The minimum atomic E-state index is 0.368. The first-order chi connectivity index (χ1) is 15.1. The maximum atomic E-state index is 8.39. The van der Waals surface area contributed by atoms with Gasteiger partial charge < -0.3 is 15.5 Å². The van der Waals surface area contributed by atoms with Gasteiger partial charge in [0.15, 0.2) is 0 Å². The predicted molar refractivity (Wildman–Crippen MR) is 126 cm³/mol. The quantitative estimate of drug-likeness (QED) is 0.489. The molecule has 0 saturated heterocycles. The van der Waals surface area contributed by atoms with E-state index in [0.717, 1.165) is 22.4 Å². The van der Waals surface area contributed by atoms with Crippen molar-refractivity contribution in [3.63, 3.8) is 0 Å². The molecule has 0 atom stereocenters. The average Bonchev–Trinajstić information content (AvgIpc) is 2.81. The van der Waals surface area contributed by atoms with Crippen LogP contribution in [0.4, 0.5) is 5.95 Å². The van der Waals surface area contributed by atoms with Crippen LogP contribution in [0.1, 0.15) is 16.8 Å². The van der Waals surface area contributed by atoms with Crippen LogP contribution in [0.3, 0.4) is 0 Å². The van der Waals surface area contributed by atoms with Crippen LogP contribution in [-0.2, 0) is 11.3 Å². The van der Waals surface area contributed by atoms with E-state index in [2.05, 4.69) is 27.4 Å². The molecule has 154 valence electrons. The van der Waals surface area contributed by atoms with Crippen molar-refractivity contribution >= 4 is 34.6 Å². The Morgan fingerprint density at radius 1 is 1.03 bits per heavy atom. The topological polar surface area (TPSA) is 70.9 Å². The van der Waals surface area contributed by atoms with Crippen LogP contribution in [0, 0.1) is 5.41 Å². The van der Waals surface area contributed by atoms with Crippen molar-refractivity contribution in [1.82, 2.24) is 9.97 Å². The standard InChI is InChI=1S/C25H21ClN4O/c1-31-24(18-7-10-20(26)11-8-18)21-15-19(9-12-22(21)27)23-13-14-28-25(30-23)29-16-17-5-3-2-4-6-17/h2-15,27H,16H2,1H3,(H,28,29,30)/b24-21-,27-22?. The minimum Gasteiger partial charge on any atom is -0.495 e. The summed E-state index contributed by atoms with van der Waals surface area (Å²) in [5, 5.41) is 12.3. The average molecular weight is 429 g/mol. The molecule has 1 aliphatic carbocycles. The van der Waals surface area contributed by atoms with E-state index >= 15 is 0 Å². The summed E-state index contributed by atoms with van der Waals surface area (Å²) in [7, 11) is 1.60. The molecule has 0 spiro atoms. The highest BCUT2D eigenvalue weighted by Gasteiger charge is 2.17. The van der Waals surface area contributed by atoms with E-state index in [-0.39, 0.29) is 0 Å². The van der Waals surface area contributed by atoms with Crippen LogP contribution in [0.5, 0.6) is 0 Å². The molecule has 31 heavy (non-hydrogen) atoms. The number of nitrogens with one attached hydrogen (secondary N) is 2. The summed E-state index contributed by atoms with van der Waals surface area (Å²) in [5.41, 5.74) is 4.69. The summed E-state index contributed by atoms with van der Waals surface area (Å²) in [6.07, 6.45) is 7.27. The van der Waals surface area contributed by atoms with E-state index < -0.39 is 0 Å². The summed E-state index contributed by atoms with van der Waals surface area (Å²) in [4.78, 5) is 8.97. The second kappa shape index (κ2) is 9.41. The van der Waals surface area contributed by atoms with Crippen LogP contribution in [0.2, 0.25) is 5.02 Å². The Morgan fingerprint density at radius 2 is 1.81 bits per heavy atom. The summed E-state index contributed by atoms with van der Waals surface area (Å²) < 4.78 is 5.65. The van der Waals surface area contributed by atoms with Crippen molar-refractivity contribution in [2.24, 2.45) is 0 Å². The lowest BCUT2D eigenvalue weighted by atomic mass is 9.95. The van der Waals surface area contributed by atoms with Gasteiger partial charge in [-0.2, -0.15) is 0 Å². The molecule has 2 aromatic carbocycles. The van der Waals surface area contributed by atoms with Gasteiger partial charge in [0.1, 0.15) is 5.76 Å². The number of rotatable bonds is 6. The number of hydrogen-bond acceptors (Lipinski definition) is 5. The van der Waals surface area contributed by atoms with Crippen molar-refractivity contribution in [2.45, 2.75) is 6.54 Å². The maximum Gasteiger partial charge on any atom is 0.223 e. The summed E-state index contributed by atoms with van der Waals surface area (Å²) in [6.45, 7) is 0.638. The molecule has 0 saturated carbocycles. The normalized spacial score (nSPS) is 14.8. The molecule has 0 fully saturated rings. The molecule has 0 aliphatic heterocycles. The molecule has 0 amide bonds. The van der Waals surface area contributed by atoms with E-state index in [9.17, 15) is 0 Å². The first kappa shape index (κ1) is 20.6. The van der Waals surface area contributed by atoms with Gasteiger partial charge in [0, 0.05) is 34.5 Å². The number of methoxy groups -OCH3 is 1. The van der Waals surface area contributed by atoms with Gasteiger partial charge in [0.2, 0.25) is 5.95 Å². The van der Waals surface area contributed by atoms with Crippen LogP contribution in [0.15, 0.2) is 90.7 Å². The number of halogens is 1. The zero-order valence-electron chi connectivity index (χ0n) is 17.0. The molecule has 1 heterocycles. The van der Waals surface area contributed by atoms with Crippen molar-refractivity contribution in [3.05, 3.63) is 113 Å². The van der Waals surface area contributed by atoms with E-state index in [0.29, 0.717) is 34.6 Å². The predicted octanol–water partition coefficient (Wildman–Crippen LogP) is 5.77. The van der Waals surface area contributed by atoms with Gasteiger partial charge in [0.05, 0.1) is 18.5 Å². The van der Waals surface area contributed by atoms with Gasteiger partial charge >= 0.3 is 0 Å². The lowest BCUT2D eigenvalue weighted by Crippen LogP contribution is -2.08. The zero-order valence-corrected chi connectivity index (χ0v) is 17.7. The van der Waals surface area contributed by atoms with E-state index in [1.165, 1.54) is 0 Å². The first-order valence-electron chi connectivity index (χ1n) is 9.78. The fraction of sp³-hybridized carbons (Fsp3) is 0.0800. The number of allylic oxidation sites excluding steroid dienone is 5. The highest BCUT2D eigenvalue weighted by atomic mass is 35.5. The van der Waals surface area contributed by atoms with Gasteiger partial charge in [-0.25, -0.2) is 9.97 Å². The third-order valence-corrected chi connectivity index (χ3v) is 5.07. The fourth-order valence-corrected chi connectivity index (χ4v) is 3.38. The number of anilines is 1. The van der Waals surface area contributed by atoms with Gasteiger partial charge in [-0.15, -0.1) is 0 Å². The molecule has 0 unspecified atom stereocenters. The monoisotopic (exact) mass is 428 g/mol. The van der Waals surface area contributed by atoms with Crippen LogP contribution < -0.4 is 5.32 Å². The number of benzene rings is 2. The molecule has 6 heteroatoms. The Balaban J connectivity index is 1.64. The molecule has 1 aliphatic rings. The Kier molecular flexibility index (Phi) is 6.24. The molecular formula is C25H21ClN4O. The van der Waals surface area contributed by atoms with Crippen molar-refractivity contribution in [2.75, 3.05) is 12.4 Å². The van der Waals surface area contributed by atoms with Crippen molar-refractivity contribution in [1.29, 1.82) is 5.41 Å². The molecule has 2 N–H and O–H groups in total. The Labute approximate surface area is 186 Å². The maximum absolute atomic E-state index is 8.39. The molecule has 0 bridgehead atoms. The third-order valence-electron chi connectivity index (χ3n) is 4.82. The Bertz CT molecular complexity index is 1180. The van der Waals surface area contributed by atoms with E-state index in [4.69, 9.17) is 21.7 Å². The SMILES string of the molecule is CO/C(=C1/C=C(c2ccnc(NCc3ccccc3)n2)C=CC1=N)c1ccc(Cl)cc1. The Hall–Kier alpha value is -3.70. The number of ether oxygens (including phenoxy) is 1. The molecule has 5 nitrogen and oxygen atoms in total. The number of hydrogen-bond donors (Lipinski definition) is 2. The number of aromatic nitrogens is 2. The lowest BCUT2D eigenvalue weighted by molar-refractivity contribution is 0.369. The fourth-order valence-electron chi connectivity index (χ4n) is 3.26. The smallest absolute Gasteiger partial charge is 0.223 e. The Morgan fingerprint density at radius 3 is 2.55 bits per heavy atom. The molecule has 0 radical (unpaired) electrons. The third kappa shape index (κ3) is 4.90. The lowest BCUT2D eigenvalue weighted by Gasteiger charge is -2.16. The molecule has 3 aromatic rings. The first-order valence-corrected chi connectivity index (χ1v) is 10.2. The largest absolute Gasteiger partial charge is 0.495 e. The molecular weight excluding hydrogens is 408 g/mol. The summed E-state index contributed by atoms with van der Waals surface area (Å²) >= 11 is 6.01. The van der Waals surface area contributed by atoms with Crippen LogP contribution in [0.25, 0.3) is 11.3 Å². The second-order valence-electron chi connectivity index (χ2n) is 6.91. The van der Waals surface area contributed by atoms with Crippen molar-refractivity contribution in [3.8, 4) is 0 Å². The van der Waals surface area contributed by atoms with Crippen LogP contribution >= 0.6 is 11.6 Å². The minimum absolute atomic E-state index is 0.368. The highest BCUT2D eigenvalue weighted by molar-refractivity contribution is 6.30. The van der Waals surface area contributed by atoms with Gasteiger partial charge in [-0.1, -0.05) is 48.0 Å². The summed E-state index contributed by atoms with van der Waals surface area (Å²) in [5.74, 6) is 1.16. The zero-order chi connectivity index (χ0) is 21.6. The summed E-state index contributed by atoms with van der Waals surface area (Å²) in [6, 6.07) is 19.3. The highest BCUT2D eigenvalue weighted by Crippen LogP contribution is 2.29. The van der Waals surface area contributed by atoms with E-state index in [1.54, 1.807) is 31.5 Å². The van der Waals surface area contributed by atoms with E-state index in [1.807, 2.05) is 48.6 Å².